The van der Waals surface area contributed by atoms with Crippen molar-refractivity contribution in [3.63, 3.8) is 0 Å². The summed E-state index contributed by atoms with van der Waals surface area (Å²) in [5.41, 5.74) is -1.61. The number of aryl methyl sites for hydroxylation is 1. The first-order valence-corrected chi connectivity index (χ1v) is 7.11. The maximum Gasteiger partial charge on any atom is 0.325 e. The number of aromatic nitrogens is 2. The lowest BCUT2D eigenvalue weighted by molar-refractivity contribution is 0.541. The first kappa shape index (κ1) is 14.7. The Hall–Kier alpha value is -1.41. The van der Waals surface area contributed by atoms with Crippen molar-refractivity contribution in [1.82, 2.24) is 14.7 Å². The highest BCUT2D eigenvalue weighted by Crippen LogP contribution is 2.07. The molecule has 0 saturated carbocycles. The van der Waals surface area contributed by atoms with E-state index in [1.54, 1.807) is 6.92 Å². The second kappa shape index (κ2) is 5.49. The maximum atomic E-state index is 12.0. The SMILES string of the molecule is CCCC(C)NS(=O)(=O)c1c(C)[nH]c(=O)[nH]c1=O. The highest BCUT2D eigenvalue weighted by molar-refractivity contribution is 7.89. The highest BCUT2D eigenvalue weighted by atomic mass is 32.2. The third-order valence-corrected chi connectivity index (χ3v) is 4.16. The normalized spacial score (nSPS) is 13.5. The number of aromatic amines is 2. The molecule has 1 heterocycles. The third kappa shape index (κ3) is 3.30. The molecule has 0 aliphatic carbocycles. The van der Waals surface area contributed by atoms with Gasteiger partial charge in [0.2, 0.25) is 10.0 Å². The van der Waals surface area contributed by atoms with Gasteiger partial charge in [-0.25, -0.2) is 17.9 Å². The van der Waals surface area contributed by atoms with Crippen LogP contribution >= 0.6 is 0 Å². The zero-order valence-corrected chi connectivity index (χ0v) is 11.3. The zero-order valence-electron chi connectivity index (χ0n) is 10.5. The molecule has 0 saturated heterocycles. The minimum Gasteiger partial charge on any atom is -0.310 e. The molecule has 0 aliphatic rings. The van der Waals surface area contributed by atoms with Gasteiger partial charge in [0.1, 0.15) is 0 Å². The summed E-state index contributed by atoms with van der Waals surface area (Å²) >= 11 is 0. The van der Waals surface area contributed by atoms with E-state index in [1.807, 2.05) is 11.9 Å². The second-order valence-corrected chi connectivity index (χ2v) is 5.82. The molecular weight excluding hydrogens is 258 g/mol. The van der Waals surface area contributed by atoms with Crippen LogP contribution in [-0.4, -0.2) is 24.4 Å². The van der Waals surface area contributed by atoms with Gasteiger partial charge in [0.15, 0.2) is 4.90 Å². The molecule has 1 atom stereocenters. The minimum atomic E-state index is -3.92. The predicted molar refractivity (Wildman–Crippen MR) is 67.1 cm³/mol. The highest BCUT2D eigenvalue weighted by Gasteiger charge is 2.23. The summed E-state index contributed by atoms with van der Waals surface area (Å²) < 4.78 is 26.4. The van der Waals surface area contributed by atoms with Gasteiger partial charge >= 0.3 is 5.69 Å². The second-order valence-electron chi connectivity index (χ2n) is 4.17. The van der Waals surface area contributed by atoms with Crippen LogP contribution in [0.25, 0.3) is 0 Å². The lowest BCUT2D eigenvalue weighted by Crippen LogP contribution is -2.38. The van der Waals surface area contributed by atoms with Crippen molar-refractivity contribution in [3.8, 4) is 0 Å². The van der Waals surface area contributed by atoms with Crippen LogP contribution < -0.4 is 16.0 Å². The lowest BCUT2D eigenvalue weighted by atomic mass is 10.2. The van der Waals surface area contributed by atoms with Gasteiger partial charge in [0, 0.05) is 11.7 Å². The average Bonchev–Trinajstić information content (AvgIpc) is 2.13. The van der Waals surface area contributed by atoms with Crippen molar-refractivity contribution in [1.29, 1.82) is 0 Å². The van der Waals surface area contributed by atoms with Crippen LogP contribution in [0.5, 0.6) is 0 Å². The molecule has 0 aliphatic heterocycles. The van der Waals surface area contributed by atoms with E-state index < -0.39 is 26.2 Å². The van der Waals surface area contributed by atoms with Crippen molar-refractivity contribution in [2.75, 3.05) is 0 Å². The van der Waals surface area contributed by atoms with E-state index >= 15 is 0 Å². The molecular formula is C10H17N3O4S. The van der Waals surface area contributed by atoms with Crippen LogP contribution in [0, 0.1) is 6.92 Å². The third-order valence-electron chi connectivity index (χ3n) is 2.42. The Bertz CT molecular complexity index is 629. The van der Waals surface area contributed by atoms with Gasteiger partial charge in [-0.1, -0.05) is 13.3 Å². The molecule has 8 heteroatoms. The lowest BCUT2D eigenvalue weighted by Gasteiger charge is -2.13. The topological polar surface area (TPSA) is 112 Å². The Labute approximate surface area is 105 Å². The molecule has 0 radical (unpaired) electrons. The van der Waals surface area contributed by atoms with Crippen molar-refractivity contribution >= 4 is 10.0 Å². The first-order chi connectivity index (χ1) is 8.27. The largest absolute Gasteiger partial charge is 0.325 e. The van der Waals surface area contributed by atoms with Gasteiger partial charge in [-0.3, -0.25) is 9.78 Å². The fraction of sp³-hybridized carbons (Fsp3) is 0.600. The monoisotopic (exact) mass is 275 g/mol. The predicted octanol–water partition coefficient (Wildman–Crippen LogP) is -0.161. The summed E-state index contributed by atoms with van der Waals surface area (Å²) in [7, 11) is -3.92. The fourth-order valence-electron chi connectivity index (χ4n) is 1.73. The van der Waals surface area contributed by atoms with Gasteiger partial charge in [0.05, 0.1) is 0 Å². The summed E-state index contributed by atoms with van der Waals surface area (Å²) in [6.45, 7) is 5.02. The van der Waals surface area contributed by atoms with Crippen LogP contribution in [0.15, 0.2) is 14.5 Å². The van der Waals surface area contributed by atoms with Gasteiger partial charge < -0.3 is 4.98 Å². The quantitative estimate of drug-likeness (QED) is 0.693. The van der Waals surface area contributed by atoms with E-state index in [1.165, 1.54) is 6.92 Å². The molecule has 18 heavy (non-hydrogen) atoms. The summed E-state index contributed by atoms with van der Waals surface area (Å²) in [5.74, 6) is 0. The molecule has 0 fully saturated rings. The molecule has 0 amide bonds. The molecule has 3 N–H and O–H groups in total. The molecule has 1 aromatic heterocycles. The molecule has 102 valence electrons. The summed E-state index contributed by atoms with van der Waals surface area (Å²) in [6.07, 6.45) is 1.49. The minimum absolute atomic E-state index is 0.0277. The van der Waals surface area contributed by atoms with E-state index in [-0.39, 0.29) is 11.7 Å². The van der Waals surface area contributed by atoms with Gasteiger partial charge in [-0.05, 0) is 20.3 Å². The Kier molecular flexibility index (Phi) is 4.47. The van der Waals surface area contributed by atoms with E-state index in [0.29, 0.717) is 6.42 Å². The van der Waals surface area contributed by atoms with Crippen LogP contribution in [0.1, 0.15) is 32.4 Å². The van der Waals surface area contributed by atoms with Crippen LogP contribution in [-0.2, 0) is 10.0 Å². The van der Waals surface area contributed by atoms with E-state index in [2.05, 4.69) is 9.71 Å². The standard InChI is InChI=1S/C10H17N3O4S/c1-4-5-6(2)13-18(16,17)8-7(3)11-10(15)12-9(8)14/h6,13H,4-5H2,1-3H3,(H2,11,12,14,15). The molecule has 0 bridgehead atoms. The van der Waals surface area contributed by atoms with Crippen LogP contribution in [0.2, 0.25) is 0 Å². The molecule has 1 unspecified atom stereocenters. The van der Waals surface area contributed by atoms with Crippen LogP contribution in [0.3, 0.4) is 0 Å². The van der Waals surface area contributed by atoms with Crippen molar-refractivity contribution < 1.29 is 8.42 Å². The van der Waals surface area contributed by atoms with Crippen molar-refractivity contribution in [3.05, 3.63) is 26.5 Å². The molecule has 0 spiro atoms. The smallest absolute Gasteiger partial charge is 0.310 e. The Morgan fingerprint density at radius 3 is 2.39 bits per heavy atom. The number of nitrogens with one attached hydrogen (secondary N) is 3. The van der Waals surface area contributed by atoms with Gasteiger partial charge in [-0.15, -0.1) is 0 Å². The molecule has 1 rings (SSSR count). The molecule has 7 nitrogen and oxygen atoms in total. The van der Waals surface area contributed by atoms with Gasteiger partial charge in [-0.2, -0.15) is 0 Å². The van der Waals surface area contributed by atoms with E-state index in [4.69, 9.17) is 0 Å². The first-order valence-electron chi connectivity index (χ1n) is 5.63. The Balaban J connectivity index is 3.22. The van der Waals surface area contributed by atoms with Crippen LogP contribution in [0.4, 0.5) is 0 Å². The number of hydrogen-bond donors (Lipinski definition) is 3. The summed E-state index contributed by atoms with van der Waals surface area (Å²) in [6, 6.07) is -0.272. The number of rotatable bonds is 5. The number of hydrogen-bond acceptors (Lipinski definition) is 4. The number of sulfonamides is 1. The molecule has 0 aromatic carbocycles. The van der Waals surface area contributed by atoms with E-state index in [0.717, 1.165) is 6.42 Å². The average molecular weight is 275 g/mol. The molecule has 1 aromatic rings. The fourth-order valence-corrected chi connectivity index (χ4v) is 3.24. The van der Waals surface area contributed by atoms with Gasteiger partial charge in [0.25, 0.3) is 5.56 Å². The van der Waals surface area contributed by atoms with E-state index in [9.17, 15) is 18.0 Å². The summed E-state index contributed by atoms with van der Waals surface area (Å²) in [5, 5.41) is 0. The maximum absolute atomic E-state index is 12.0. The Morgan fingerprint density at radius 2 is 1.89 bits per heavy atom. The Morgan fingerprint density at radius 1 is 1.28 bits per heavy atom. The number of H-pyrrole nitrogens is 2. The van der Waals surface area contributed by atoms with Crippen molar-refractivity contribution in [2.24, 2.45) is 0 Å². The summed E-state index contributed by atoms with van der Waals surface area (Å²) in [4.78, 5) is 26.3. The zero-order chi connectivity index (χ0) is 13.9. The van der Waals surface area contributed by atoms with Crippen molar-refractivity contribution in [2.45, 2.75) is 44.6 Å².